The van der Waals surface area contributed by atoms with Crippen LogP contribution in [0, 0.1) is 19.3 Å². The van der Waals surface area contributed by atoms with E-state index < -0.39 is 0 Å². The van der Waals surface area contributed by atoms with Crippen molar-refractivity contribution < 1.29 is 9.53 Å². The quantitative estimate of drug-likeness (QED) is 0.745. The number of nitrogens with one attached hydrogen (secondary N) is 1. The summed E-state index contributed by atoms with van der Waals surface area (Å²) >= 11 is 0. The lowest BCUT2D eigenvalue weighted by Gasteiger charge is -2.16. The number of amides is 1. The zero-order chi connectivity index (χ0) is 14.1. The van der Waals surface area contributed by atoms with Crippen LogP contribution in [0.15, 0.2) is 24.3 Å². The van der Waals surface area contributed by atoms with Gasteiger partial charge in [-0.05, 0) is 25.6 Å². The Bertz CT molecular complexity index is 452. The number of carbonyl (C=O) groups excluding carboxylic acids is 1. The highest BCUT2D eigenvalue weighted by atomic mass is 16.5. The van der Waals surface area contributed by atoms with Crippen molar-refractivity contribution in [3.05, 3.63) is 29.8 Å². The van der Waals surface area contributed by atoms with E-state index in [1.165, 1.54) is 0 Å². The molecule has 19 heavy (non-hydrogen) atoms. The van der Waals surface area contributed by atoms with Gasteiger partial charge in [0.05, 0.1) is 13.1 Å². The molecule has 102 valence electrons. The maximum Gasteiger partial charge on any atom is 0.234 e. The minimum Gasteiger partial charge on any atom is -0.492 e. The lowest BCUT2D eigenvalue weighted by Crippen LogP contribution is -2.37. The molecule has 0 heterocycles. The largest absolute Gasteiger partial charge is 0.492 e. The molecule has 1 rings (SSSR count). The molecule has 0 aromatic heterocycles. The van der Waals surface area contributed by atoms with Crippen molar-refractivity contribution in [1.82, 2.24) is 10.2 Å². The van der Waals surface area contributed by atoms with Crippen molar-refractivity contribution in [3.63, 3.8) is 0 Å². The van der Waals surface area contributed by atoms with Crippen LogP contribution in [-0.2, 0) is 4.79 Å². The van der Waals surface area contributed by atoms with Gasteiger partial charge in [0.25, 0.3) is 0 Å². The summed E-state index contributed by atoms with van der Waals surface area (Å²) in [7, 11) is 1.87. The standard InChI is InChI=1S/C15H20N2O2/c1-4-9-16-15(18)12-17(3)10-11-19-14-8-6-5-7-13(14)2/h1,5-8H,9-12H2,2-3H3,(H,16,18). The summed E-state index contributed by atoms with van der Waals surface area (Å²) in [5.74, 6) is 3.18. The maximum absolute atomic E-state index is 11.4. The molecular weight excluding hydrogens is 240 g/mol. The Morgan fingerprint density at radius 2 is 2.21 bits per heavy atom. The third kappa shape index (κ3) is 5.94. The Kier molecular flexibility index (Phi) is 6.48. The van der Waals surface area contributed by atoms with Crippen molar-refractivity contribution in [3.8, 4) is 18.1 Å². The number of hydrogen-bond donors (Lipinski definition) is 1. The number of para-hydroxylation sites is 1. The molecule has 0 unspecified atom stereocenters. The second kappa shape index (κ2) is 8.17. The summed E-state index contributed by atoms with van der Waals surface area (Å²) in [5, 5.41) is 2.62. The summed E-state index contributed by atoms with van der Waals surface area (Å²) < 4.78 is 5.66. The van der Waals surface area contributed by atoms with Gasteiger partial charge in [0.2, 0.25) is 5.91 Å². The van der Waals surface area contributed by atoms with E-state index in [1.54, 1.807) is 0 Å². The van der Waals surface area contributed by atoms with E-state index in [2.05, 4.69) is 11.2 Å². The van der Waals surface area contributed by atoms with Crippen molar-refractivity contribution in [2.24, 2.45) is 0 Å². The lowest BCUT2D eigenvalue weighted by atomic mass is 10.2. The first-order chi connectivity index (χ1) is 9.13. The second-order valence-electron chi connectivity index (χ2n) is 4.33. The molecule has 0 aliphatic rings. The first-order valence-electron chi connectivity index (χ1n) is 6.20. The minimum atomic E-state index is -0.0728. The molecule has 0 saturated heterocycles. The highest BCUT2D eigenvalue weighted by Crippen LogP contribution is 2.15. The Morgan fingerprint density at radius 3 is 2.89 bits per heavy atom. The minimum absolute atomic E-state index is 0.0728. The number of benzene rings is 1. The molecule has 0 spiro atoms. The number of aryl methyl sites for hydroxylation is 1. The van der Waals surface area contributed by atoms with E-state index in [4.69, 9.17) is 11.2 Å². The van der Waals surface area contributed by atoms with Gasteiger partial charge < -0.3 is 10.1 Å². The van der Waals surface area contributed by atoms with Crippen LogP contribution in [0.2, 0.25) is 0 Å². The molecule has 0 aliphatic carbocycles. The van der Waals surface area contributed by atoms with Crippen LogP contribution in [0.3, 0.4) is 0 Å². The fraction of sp³-hybridized carbons (Fsp3) is 0.400. The molecule has 0 radical (unpaired) electrons. The van der Waals surface area contributed by atoms with Crippen LogP contribution >= 0.6 is 0 Å². The third-order valence-electron chi connectivity index (χ3n) is 2.63. The summed E-state index contributed by atoms with van der Waals surface area (Å²) in [6.07, 6.45) is 5.07. The summed E-state index contributed by atoms with van der Waals surface area (Å²) in [6, 6.07) is 7.87. The number of terminal acetylenes is 1. The average molecular weight is 260 g/mol. The van der Waals surface area contributed by atoms with Crippen molar-refractivity contribution in [2.45, 2.75) is 6.92 Å². The van der Waals surface area contributed by atoms with Gasteiger partial charge in [-0.1, -0.05) is 24.1 Å². The predicted molar refractivity (Wildman–Crippen MR) is 76.0 cm³/mol. The fourth-order valence-electron chi connectivity index (χ4n) is 1.56. The monoisotopic (exact) mass is 260 g/mol. The summed E-state index contributed by atoms with van der Waals surface area (Å²) in [4.78, 5) is 13.3. The van der Waals surface area contributed by atoms with E-state index in [0.717, 1.165) is 11.3 Å². The molecular formula is C15H20N2O2. The van der Waals surface area contributed by atoms with Crippen LogP contribution in [0.25, 0.3) is 0 Å². The van der Waals surface area contributed by atoms with Crippen LogP contribution in [0.4, 0.5) is 0 Å². The number of hydrogen-bond acceptors (Lipinski definition) is 3. The van der Waals surface area contributed by atoms with Gasteiger partial charge in [-0.15, -0.1) is 6.42 Å². The SMILES string of the molecule is C#CCNC(=O)CN(C)CCOc1ccccc1C. The van der Waals surface area contributed by atoms with Gasteiger partial charge in [0.15, 0.2) is 0 Å². The van der Waals surface area contributed by atoms with Crippen LogP contribution in [0.1, 0.15) is 5.56 Å². The van der Waals surface area contributed by atoms with Gasteiger partial charge in [0.1, 0.15) is 12.4 Å². The lowest BCUT2D eigenvalue weighted by molar-refractivity contribution is -0.121. The van der Waals surface area contributed by atoms with E-state index in [1.807, 2.05) is 43.1 Å². The number of nitrogens with zero attached hydrogens (tertiary/aromatic N) is 1. The van der Waals surface area contributed by atoms with Gasteiger partial charge in [0, 0.05) is 6.54 Å². The Balaban J connectivity index is 2.24. The highest BCUT2D eigenvalue weighted by Gasteiger charge is 2.05. The summed E-state index contributed by atoms with van der Waals surface area (Å²) in [6.45, 7) is 3.82. The Labute approximate surface area is 114 Å². The molecule has 1 amide bonds. The average Bonchev–Trinajstić information content (AvgIpc) is 2.38. The number of rotatable bonds is 7. The molecule has 1 N–H and O–H groups in total. The summed E-state index contributed by atoms with van der Waals surface area (Å²) in [5.41, 5.74) is 1.11. The molecule has 4 nitrogen and oxygen atoms in total. The molecule has 4 heteroatoms. The molecule has 0 aliphatic heterocycles. The van der Waals surface area contributed by atoms with E-state index in [9.17, 15) is 4.79 Å². The number of likely N-dealkylation sites (N-methyl/N-ethyl adjacent to an activating group) is 1. The smallest absolute Gasteiger partial charge is 0.234 e. The van der Waals surface area contributed by atoms with Gasteiger partial charge in [-0.2, -0.15) is 0 Å². The predicted octanol–water partition coefficient (Wildman–Crippen LogP) is 1.06. The molecule has 1 aromatic carbocycles. The van der Waals surface area contributed by atoms with Crippen LogP contribution in [-0.4, -0.2) is 44.1 Å². The topological polar surface area (TPSA) is 41.6 Å². The molecule has 0 bridgehead atoms. The van der Waals surface area contributed by atoms with E-state index in [0.29, 0.717) is 19.7 Å². The van der Waals surface area contributed by atoms with Crippen molar-refractivity contribution >= 4 is 5.91 Å². The Hall–Kier alpha value is -1.99. The second-order valence-corrected chi connectivity index (χ2v) is 4.33. The zero-order valence-corrected chi connectivity index (χ0v) is 11.5. The first kappa shape index (κ1) is 15.1. The molecule has 0 saturated carbocycles. The maximum atomic E-state index is 11.4. The normalized spacial score (nSPS) is 10.0. The Morgan fingerprint density at radius 1 is 1.47 bits per heavy atom. The van der Waals surface area contributed by atoms with Gasteiger partial charge in [-0.25, -0.2) is 0 Å². The van der Waals surface area contributed by atoms with Gasteiger partial charge >= 0.3 is 0 Å². The molecule has 0 atom stereocenters. The number of ether oxygens (including phenoxy) is 1. The van der Waals surface area contributed by atoms with Crippen molar-refractivity contribution in [2.75, 3.05) is 33.3 Å². The molecule has 1 aromatic rings. The van der Waals surface area contributed by atoms with Gasteiger partial charge in [-0.3, -0.25) is 9.69 Å². The van der Waals surface area contributed by atoms with Crippen LogP contribution < -0.4 is 10.1 Å². The highest BCUT2D eigenvalue weighted by molar-refractivity contribution is 5.78. The first-order valence-corrected chi connectivity index (χ1v) is 6.20. The van der Waals surface area contributed by atoms with Crippen molar-refractivity contribution in [1.29, 1.82) is 0 Å². The van der Waals surface area contributed by atoms with E-state index >= 15 is 0 Å². The van der Waals surface area contributed by atoms with Crippen LogP contribution in [0.5, 0.6) is 5.75 Å². The third-order valence-corrected chi connectivity index (χ3v) is 2.63. The number of carbonyl (C=O) groups is 1. The fourth-order valence-corrected chi connectivity index (χ4v) is 1.56. The van der Waals surface area contributed by atoms with E-state index in [-0.39, 0.29) is 12.5 Å². The molecule has 0 fully saturated rings. The zero-order valence-electron chi connectivity index (χ0n) is 11.5.